The highest BCUT2D eigenvalue weighted by molar-refractivity contribution is 7.11. The summed E-state index contributed by atoms with van der Waals surface area (Å²) < 4.78 is 5.02. The van der Waals surface area contributed by atoms with Crippen molar-refractivity contribution in [1.82, 2.24) is 4.98 Å². The number of methoxy groups -OCH3 is 1. The number of ether oxygens (including phenoxy) is 1. The summed E-state index contributed by atoms with van der Waals surface area (Å²) in [5.74, 6) is 0.586. The molecular formula is C14H17N3O3S. The summed E-state index contributed by atoms with van der Waals surface area (Å²) in [6.45, 7) is 4.03. The van der Waals surface area contributed by atoms with Gasteiger partial charge in [0, 0.05) is 34.3 Å². The lowest BCUT2D eigenvalue weighted by atomic mass is 10.2. The zero-order valence-electron chi connectivity index (χ0n) is 12.1. The Morgan fingerprint density at radius 3 is 2.76 bits per heavy atom. The van der Waals surface area contributed by atoms with Gasteiger partial charge < -0.3 is 10.1 Å². The minimum Gasteiger partial charge on any atom is -0.481 e. The fourth-order valence-corrected chi connectivity index (χ4v) is 3.00. The minimum absolute atomic E-state index is 0.0290. The summed E-state index contributed by atoms with van der Waals surface area (Å²) in [7, 11) is 1.48. The van der Waals surface area contributed by atoms with Crippen LogP contribution in [0.1, 0.15) is 16.7 Å². The highest BCUT2D eigenvalue weighted by Gasteiger charge is 2.18. The molecule has 1 N–H and O–H groups in total. The van der Waals surface area contributed by atoms with Crippen LogP contribution in [0.25, 0.3) is 0 Å². The number of rotatable bonds is 6. The van der Waals surface area contributed by atoms with Crippen molar-refractivity contribution in [1.29, 1.82) is 0 Å². The highest BCUT2D eigenvalue weighted by atomic mass is 32.1. The van der Waals surface area contributed by atoms with Gasteiger partial charge in [0.15, 0.2) is 0 Å². The summed E-state index contributed by atoms with van der Waals surface area (Å²) in [6.07, 6.45) is 0.786. The van der Waals surface area contributed by atoms with Gasteiger partial charge in [0.2, 0.25) is 11.7 Å². The standard InChI is InChI=1S/C14H17N3O3S/c1-9(8-11-5-4-10(2)21-11)15-14-12(17(18)19)6-7-13(16-14)20-3/h4-7,9H,8H2,1-3H3,(H,15,16). The molecule has 0 saturated heterocycles. The maximum absolute atomic E-state index is 11.1. The number of pyridine rings is 1. The average Bonchev–Trinajstić information content (AvgIpc) is 2.83. The van der Waals surface area contributed by atoms with Crippen LogP contribution in [0.3, 0.4) is 0 Å². The van der Waals surface area contributed by atoms with Gasteiger partial charge in [-0.25, -0.2) is 0 Å². The second kappa shape index (κ2) is 6.53. The van der Waals surface area contributed by atoms with E-state index in [1.807, 2.05) is 6.92 Å². The summed E-state index contributed by atoms with van der Waals surface area (Å²) in [6, 6.07) is 7.05. The number of nitrogens with one attached hydrogen (secondary N) is 1. The Kier molecular flexibility index (Phi) is 4.74. The Morgan fingerprint density at radius 1 is 1.43 bits per heavy atom. The van der Waals surface area contributed by atoms with Crippen molar-refractivity contribution >= 4 is 22.8 Å². The van der Waals surface area contributed by atoms with E-state index in [0.717, 1.165) is 6.42 Å². The lowest BCUT2D eigenvalue weighted by molar-refractivity contribution is -0.384. The van der Waals surface area contributed by atoms with Crippen molar-refractivity contribution in [2.75, 3.05) is 12.4 Å². The van der Waals surface area contributed by atoms with Crippen LogP contribution in [-0.4, -0.2) is 23.1 Å². The normalized spacial score (nSPS) is 12.0. The Morgan fingerprint density at radius 2 is 2.19 bits per heavy atom. The predicted molar refractivity (Wildman–Crippen MR) is 83.3 cm³/mol. The molecule has 0 saturated carbocycles. The van der Waals surface area contributed by atoms with Crippen LogP contribution in [0.2, 0.25) is 0 Å². The molecule has 1 unspecified atom stereocenters. The molecule has 1 atom stereocenters. The number of aromatic nitrogens is 1. The first-order valence-corrected chi connectivity index (χ1v) is 7.32. The molecule has 0 radical (unpaired) electrons. The zero-order chi connectivity index (χ0) is 15.4. The lowest BCUT2D eigenvalue weighted by Crippen LogP contribution is -2.19. The van der Waals surface area contributed by atoms with Gasteiger partial charge in [-0.1, -0.05) is 0 Å². The van der Waals surface area contributed by atoms with E-state index in [1.165, 1.54) is 29.0 Å². The molecule has 0 aromatic carbocycles. The molecule has 21 heavy (non-hydrogen) atoms. The second-order valence-corrected chi connectivity index (χ2v) is 6.11. The summed E-state index contributed by atoms with van der Waals surface area (Å²) in [5, 5.41) is 14.1. The van der Waals surface area contributed by atoms with E-state index in [-0.39, 0.29) is 17.5 Å². The van der Waals surface area contributed by atoms with Crippen molar-refractivity contribution in [3.63, 3.8) is 0 Å². The van der Waals surface area contributed by atoms with E-state index in [4.69, 9.17) is 4.74 Å². The molecule has 0 aliphatic rings. The quantitative estimate of drug-likeness (QED) is 0.653. The van der Waals surface area contributed by atoms with Gasteiger partial charge in [-0.15, -0.1) is 11.3 Å². The number of anilines is 1. The topological polar surface area (TPSA) is 77.3 Å². The smallest absolute Gasteiger partial charge is 0.311 e. The molecular weight excluding hydrogens is 290 g/mol. The van der Waals surface area contributed by atoms with Gasteiger partial charge in [-0.05, 0) is 26.0 Å². The van der Waals surface area contributed by atoms with Crippen molar-refractivity contribution in [3.05, 3.63) is 44.1 Å². The van der Waals surface area contributed by atoms with Crippen LogP contribution >= 0.6 is 11.3 Å². The van der Waals surface area contributed by atoms with Gasteiger partial charge in [0.25, 0.3) is 0 Å². The second-order valence-electron chi connectivity index (χ2n) is 4.74. The Labute approximate surface area is 126 Å². The largest absolute Gasteiger partial charge is 0.481 e. The molecule has 2 aromatic heterocycles. The molecule has 7 heteroatoms. The number of hydrogen-bond acceptors (Lipinski definition) is 6. The fraction of sp³-hybridized carbons (Fsp3) is 0.357. The first-order chi connectivity index (χ1) is 9.99. The lowest BCUT2D eigenvalue weighted by Gasteiger charge is -2.14. The Hall–Kier alpha value is -2.15. The average molecular weight is 307 g/mol. The van der Waals surface area contributed by atoms with Crippen molar-refractivity contribution in [2.24, 2.45) is 0 Å². The summed E-state index contributed by atoms with van der Waals surface area (Å²) in [5.41, 5.74) is -0.0509. The number of nitro groups is 1. The minimum atomic E-state index is -0.448. The van der Waals surface area contributed by atoms with Crippen LogP contribution in [0.15, 0.2) is 24.3 Å². The van der Waals surface area contributed by atoms with E-state index >= 15 is 0 Å². The third kappa shape index (κ3) is 3.91. The molecule has 6 nitrogen and oxygen atoms in total. The molecule has 0 aliphatic heterocycles. The monoisotopic (exact) mass is 307 g/mol. The molecule has 2 heterocycles. The molecule has 2 rings (SSSR count). The highest BCUT2D eigenvalue weighted by Crippen LogP contribution is 2.26. The van der Waals surface area contributed by atoms with Gasteiger partial charge in [-0.2, -0.15) is 4.98 Å². The molecule has 0 aliphatic carbocycles. The van der Waals surface area contributed by atoms with Gasteiger partial charge in [0.1, 0.15) is 0 Å². The van der Waals surface area contributed by atoms with Gasteiger partial charge in [0.05, 0.1) is 12.0 Å². The Balaban J connectivity index is 2.15. The number of hydrogen-bond donors (Lipinski definition) is 1. The van der Waals surface area contributed by atoms with E-state index in [1.54, 1.807) is 11.3 Å². The van der Waals surface area contributed by atoms with Gasteiger partial charge in [-0.3, -0.25) is 10.1 Å². The van der Waals surface area contributed by atoms with Crippen LogP contribution in [0.4, 0.5) is 11.5 Å². The molecule has 0 spiro atoms. The third-order valence-corrected chi connectivity index (χ3v) is 3.96. The SMILES string of the molecule is COc1ccc([N+](=O)[O-])c(NC(C)Cc2ccc(C)s2)n1. The molecule has 2 aromatic rings. The fourth-order valence-electron chi connectivity index (χ4n) is 1.98. The predicted octanol–water partition coefficient (Wildman–Crippen LogP) is 3.41. The van der Waals surface area contributed by atoms with E-state index in [9.17, 15) is 10.1 Å². The van der Waals surface area contributed by atoms with Crippen molar-refractivity contribution in [2.45, 2.75) is 26.3 Å². The van der Waals surface area contributed by atoms with Crippen molar-refractivity contribution < 1.29 is 9.66 Å². The maximum Gasteiger partial charge on any atom is 0.311 e. The zero-order valence-corrected chi connectivity index (χ0v) is 12.9. The van der Waals surface area contributed by atoms with Crippen LogP contribution < -0.4 is 10.1 Å². The number of nitrogens with zero attached hydrogens (tertiary/aromatic N) is 2. The third-order valence-electron chi connectivity index (χ3n) is 2.94. The van der Waals surface area contributed by atoms with Crippen LogP contribution in [0.5, 0.6) is 5.88 Å². The molecule has 0 amide bonds. The van der Waals surface area contributed by atoms with E-state index < -0.39 is 4.92 Å². The first kappa shape index (κ1) is 15.2. The Bertz CT molecular complexity index is 642. The number of aryl methyl sites for hydroxylation is 1. The number of thiophene rings is 1. The van der Waals surface area contributed by atoms with Crippen molar-refractivity contribution in [3.8, 4) is 5.88 Å². The molecule has 112 valence electrons. The summed E-state index contributed by atoms with van der Waals surface area (Å²) in [4.78, 5) is 17.2. The van der Waals surface area contributed by atoms with Gasteiger partial charge >= 0.3 is 5.69 Å². The molecule has 0 bridgehead atoms. The summed E-state index contributed by atoms with van der Waals surface area (Å²) >= 11 is 1.73. The maximum atomic E-state index is 11.1. The van der Waals surface area contributed by atoms with Crippen LogP contribution in [-0.2, 0) is 6.42 Å². The first-order valence-electron chi connectivity index (χ1n) is 6.51. The van der Waals surface area contributed by atoms with E-state index in [2.05, 4.69) is 29.4 Å². The van der Waals surface area contributed by atoms with Crippen LogP contribution in [0, 0.1) is 17.0 Å². The molecule has 0 fully saturated rings. The van der Waals surface area contributed by atoms with E-state index in [0.29, 0.717) is 5.88 Å².